The molecule has 0 radical (unpaired) electrons. The molecule has 5 rings (SSSR count). The Balaban J connectivity index is 1.95. The van der Waals surface area contributed by atoms with Crippen molar-refractivity contribution >= 4 is 27.8 Å². The number of nitrogens with zero attached hydrogens (tertiary/aromatic N) is 2. The quantitative estimate of drug-likeness (QED) is 0.436. The number of carboxylic acid groups (broad SMARTS) is 1. The number of hydrogen-bond acceptors (Lipinski definition) is 3. The van der Waals surface area contributed by atoms with Crippen molar-refractivity contribution in [1.29, 1.82) is 0 Å². The fourth-order valence-corrected chi connectivity index (χ4v) is 4.08. The third-order valence-electron chi connectivity index (χ3n) is 5.43. The molecule has 6 nitrogen and oxygen atoms in total. The van der Waals surface area contributed by atoms with E-state index >= 15 is 0 Å². The van der Waals surface area contributed by atoms with E-state index in [2.05, 4.69) is 9.97 Å². The number of nitrogens with one attached hydrogen (secondary N) is 1. The van der Waals surface area contributed by atoms with E-state index in [-0.39, 0.29) is 28.9 Å². The van der Waals surface area contributed by atoms with E-state index in [9.17, 15) is 23.5 Å². The standard InChI is InChI=1S/C24H15F2N3O3/c25-15-6-7-17(26)14(11-15)12-29-18-8-5-13-3-1-9-27-21(13)20(18)19(22(29)24(31)32)16-4-2-10-28-23(16)30/h1-11H,12H2,(H,28,30)(H,31,32). The summed E-state index contributed by atoms with van der Waals surface area (Å²) in [5.74, 6) is -2.61. The number of benzene rings is 2. The van der Waals surface area contributed by atoms with E-state index in [1.165, 1.54) is 16.8 Å². The fraction of sp³-hybridized carbons (Fsp3) is 0.0417. The van der Waals surface area contributed by atoms with Gasteiger partial charge >= 0.3 is 5.97 Å². The van der Waals surface area contributed by atoms with Gasteiger partial charge in [-0.3, -0.25) is 9.78 Å². The number of carboxylic acids is 1. The Labute approximate surface area is 179 Å². The predicted molar refractivity (Wildman–Crippen MR) is 116 cm³/mol. The Kier molecular flexibility index (Phi) is 4.55. The topological polar surface area (TPSA) is 88.0 Å². The Morgan fingerprint density at radius 3 is 2.72 bits per heavy atom. The first-order chi connectivity index (χ1) is 15.5. The number of carbonyl (C=O) groups is 1. The number of aromatic amines is 1. The number of aromatic nitrogens is 3. The summed E-state index contributed by atoms with van der Waals surface area (Å²) >= 11 is 0. The van der Waals surface area contributed by atoms with Crippen LogP contribution in [0.3, 0.4) is 0 Å². The average molecular weight is 431 g/mol. The monoisotopic (exact) mass is 431 g/mol. The molecule has 0 aliphatic rings. The maximum absolute atomic E-state index is 14.4. The van der Waals surface area contributed by atoms with Gasteiger partial charge in [0.15, 0.2) is 0 Å². The van der Waals surface area contributed by atoms with Gasteiger partial charge in [-0.2, -0.15) is 0 Å². The summed E-state index contributed by atoms with van der Waals surface area (Å²) in [6.45, 7) is -0.245. The number of fused-ring (bicyclic) bond motifs is 3. The van der Waals surface area contributed by atoms with Crippen molar-refractivity contribution in [1.82, 2.24) is 14.5 Å². The van der Waals surface area contributed by atoms with Crippen molar-refractivity contribution in [3.8, 4) is 11.1 Å². The van der Waals surface area contributed by atoms with Crippen molar-refractivity contribution < 1.29 is 18.7 Å². The molecule has 5 aromatic rings. The van der Waals surface area contributed by atoms with Gasteiger partial charge in [-0.05, 0) is 42.5 Å². The molecule has 0 saturated heterocycles. The van der Waals surface area contributed by atoms with E-state index in [0.717, 1.165) is 23.6 Å². The van der Waals surface area contributed by atoms with Gasteiger partial charge in [0.2, 0.25) is 0 Å². The molecule has 3 heterocycles. The van der Waals surface area contributed by atoms with E-state index in [1.807, 2.05) is 6.07 Å². The summed E-state index contributed by atoms with van der Waals surface area (Å²) in [5, 5.41) is 11.4. The third kappa shape index (κ3) is 3.04. The van der Waals surface area contributed by atoms with Crippen LogP contribution in [0.1, 0.15) is 16.1 Å². The molecule has 158 valence electrons. The van der Waals surface area contributed by atoms with E-state index in [0.29, 0.717) is 16.4 Å². The number of halogens is 2. The summed E-state index contributed by atoms with van der Waals surface area (Å²) in [6.07, 6.45) is 3.02. The largest absolute Gasteiger partial charge is 0.477 e. The molecule has 0 unspecified atom stereocenters. The molecule has 0 amide bonds. The Hall–Kier alpha value is -4.33. The third-order valence-corrected chi connectivity index (χ3v) is 5.43. The van der Waals surface area contributed by atoms with Crippen molar-refractivity contribution in [3.05, 3.63) is 100 Å². The molecule has 0 saturated carbocycles. The first kappa shape index (κ1) is 19.6. The zero-order chi connectivity index (χ0) is 22.4. The van der Waals surface area contributed by atoms with Gasteiger partial charge in [0.25, 0.3) is 5.56 Å². The molecule has 2 aromatic carbocycles. The number of hydrogen-bond donors (Lipinski definition) is 2. The SMILES string of the molecule is O=C(O)c1c(-c2ccc[nH]c2=O)c2c3ncccc3ccc2n1Cc1cc(F)ccc1F. The van der Waals surface area contributed by atoms with E-state index < -0.39 is 23.2 Å². The summed E-state index contributed by atoms with van der Waals surface area (Å²) in [5.41, 5.74) is 0.568. The molecule has 2 N–H and O–H groups in total. The Bertz CT molecular complexity index is 1590. The lowest BCUT2D eigenvalue weighted by Crippen LogP contribution is -2.14. The summed E-state index contributed by atoms with van der Waals surface area (Å²) in [6, 6.07) is 13.2. The highest BCUT2D eigenvalue weighted by atomic mass is 19.1. The number of aromatic carboxylic acids is 1. The van der Waals surface area contributed by atoms with Crippen molar-refractivity contribution in [3.63, 3.8) is 0 Å². The van der Waals surface area contributed by atoms with Gasteiger partial charge in [0.1, 0.15) is 17.3 Å². The van der Waals surface area contributed by atoms with Crippen LogP contribution in [0.5, 0.6) is 0 Å². The summed E-state index contributed by atoms with van der Waals surface area (Å²) in [4.78, 5) is 32.1. The average Bonchev–Trinajstić information content (AvgIpc) is 3.11. The lowest BCUT2D eigenvalue weighted by Gasteiger charge is -2.10. The van der Waals surface area contributed by atoms with Gasteiger partial charge in [0, 0.05) is 34.3 Å². The van der Waals surface area contributed by atoms with Gasteiger partial charge in [-0.15, -0.1) is 0 Å². The van der Waals surface area contributed by atoms with Gasteiger partial charge in [0.05, 0.1) is 23.1 Å². The smallest absolute Gasteiger partial charge is 0.353 e. The zero-order valence-electron chi connectivity index (χ0n) is 16.5. The van der Waals surface area contributed by atoms with Crippen LogP contribution >= 0.6 is 0 Å². The van der Waals surface area contributed by atoms with Crippen LogP contribution in [0.4, 0.5) is 8.78 Å². The van der Waals surface area contributed by atoms with Crippen LogP contribution in [-0.4, -0.2) is 25.6 Å². The molecule has 0 spiro atoms. The van der Waals surface area contributed by atoms with Crippen LogP contribution in [0, 0.1) is 11.6 Å². The second-order valence-corrected chi connectivity index (χ2v) is 7.30. The van der Waals surface area contributed by atoms with Crippen LogP contribution in [-0.2, 0) is 6.54 Å². The Morgan fingerprint density at radius 2 is 1.94 bits per heavy atom. The van der Waals surface area contributed by atoms with Crippen LogP contribution in [0.15, 0.2) is 71.8 Å². The first-order valence-corrected chi connectivity index (χ1v) is 9.71. The second-order valence-electron chi connectivity index (χ2n) is 7.30. The predicted octanol–water partition coefficient (Wildman–Crippen LogP) is 4.57. The Morgan fingerprint density at radius 1 is 1.09 bits per heavy atom. The van der Waals surface area contributed by atoms with Gasteiger partial charge in [-0.25, -0.2) is 13.6 Å². The van der Waals surface area contributed by atoms with Crippen molar-refractivity contribution in [2.75, 3.05) is 0 Å². The molecule has 8 heteroatoms. The highest BCUT2D eigenvalue weighted by molar-refractivity contribution is 6.17. The molecule has 0 fully saturated rings. The molecular weight excluding hydrogens is 416 g/mol. The zero-order valence-corrected chi connectivity index (χ0v) is 16.5. The lowest BCUT2D eigenvalue weighted by molar-refractivity contribution is 0.0687. The normalized spacial score (nSPS) is 11.3. The molecule has 0 bridgehead atoms. The number of rotatable bonds is 4. The lowest BCUT2D eigenvalue weighted by atomic mass is 10.0. The van der Waals surface area contributed by atoms with Crippen molar-refractivity contribution in [2.45, 2.75) is 6.54 Å². The van der Waals surface area contributed by atoms with Crippen LogP contribution < -0.4 is 5.56 Å². The number of pyridine rings is 2. The minimum Gasteiger partial charge on any atom is -0.477 e. The molecule has 0 aliphatic heterocycles. The van der Waals surface area contributed by atoms with Gasteiger partial charge in [-0.1, -0.05) is 12.1 Å². The molecule has 0 aliphatic carbocycles. The minimum atomic E-state index is -1.31. The number of H-pyrrole nitrogens is 1. The minimum absolute atomic E-state index is 0.0148. The van der Waals surface area contributed by atoms with E-state index in [4.69, 9.17) is 0 Å². The molecule has 3 aromatic heterocycles. The second kappa shape index (κ2) is 7.42. The molecule has 0 atom stereocenters. The van der Waals surface area contributed by atoms with Crippen molar-refractivity contribution in [2.24, 2.45) is 0 Å². The van der Waals surface area contributed by atoms with Crippen LogP contribution in [0.25, 0.3) is 32.9 Å². The maximum atomic E-state index is 14.4. The molecule has 32 heavy (non-hydrogen) atoms. The summed E-state index contributed by atoms with van der Waals surface area (Å²) in [7, 11) is 0. The first-order valence-electron chi connectivity index (χ1n) is 9.71. The summed E-state index contributed by atoms with van der Waals surface area (Å²) < 4.78 is 29.6. The van der Waals surface area contributed by atoms with Crippen LogP contribution in [0.2, 0.25) is 0 Å². The highest BCUT2D eigenvalue weighted by Gasteiger charge is 2.27. The fourth-order valence-electron chi connectivity index (χ4n) is 4.08. The van der Waals surface area contributed by atoms with Gasteiger partial charge < -0.3 is 14.7 Å². The molecular formula is C24H15F2N3O3. The maximum Gasteiger partial charge on any atom is 0.353 e. The van der Waals surface area contributed by atoms with E-state index in [1.54, 1.807) is 30.5 Å². The highest BCUT2D eigenvalue weighted by Crippen LogP contribution is 2.38.